The van der Waals surface area contributed by atoms with E-state index in [0.29, 0.717) is 39.6 Å². The van der Waals surface area contributed by atoms with E-state index in [9.17, 15) is 4.79 Å². The van der Waals surface area contributed by atoms with Gasteiger partial charge in [-0.1, -0.05) is 29.3 Å². The van der Waals surface area contributed by atoms with Gasteiger partial charge >= 0.3 is 0 Å². The molecule has 1 aromatic heterocycles. The molecule has 1 aliphatic heterocycles. The largest absolute Gasteiger partial charge is 0.495 e. The van der Waals surface area contributed by atoms with Crippen LogP contribution in [0.2, 0.25) is 10.0 Å². The van der Waals surface area contributed by atoms with E-state index in [1.807, 2.05) is 24.4 Å². The zero-order chi connectivity index (χ0) is 23.5. The minimum atomic E-state index is -0.00699. The Labute approximate surface area is 202 Å². The van der Waals surface area contributed by atoms with E-state index in [2.05, 4.69) is 15.6 Å². The molecular weight excluding hydrogens is 463 g/mol. The van der Waals surface area contributed by atoms with Gasteiger partial charge in [-0.3, -0.25) is 4.79 Å². The molecule has 0 aliphatic carbocycles. The minimum Gasteiger partial charge on any atom is -0.495 e. The second-order valence-electron chi connectivity index (χ2n) is 8.19. The van der Waals surface area contributed by atoms with Gasteiger partial charge in [0.25, 0.3) is 0 Å². The van der Waals surface area contributed by atoms with E-state index >= 15 is 0 Å². The van der Waals surface area contributed by atoms with Gasteiger partial charge in [-0.25, -0.2) is 9.97 Å². The van der Waals surface area contributed by atoms with Gasteiger partial charge in [0.05, 0.1) is 29.8 Å². The molecule has 1 fully saturated rings. The van der Waals surface area contributed by atoms with E-state index in [1.165, 1.54) is 6.92 Å². The average molecular weight is 489 g/mol. The molecule has 2 atom stereocenters. The first-order valence-corrected chi connectivity index (χ1v) is 11.5. The molecule has 1 aliphatic rings. The Hall–Kier alpha value is -2.61. The lowest BCUT2D eigenvalue weighted by Gasteiger charge is -2.15. The molecule has 1 amide bonds. The molecule has 2 aromatic carbocycles. The molecule has 7 nitrogen and oxygen atoms in total. The summed E-state index contributed by atoms with van der Waals surface area (Å²) in [6.07, 6.45) is 3.60. The van der Waals surface area contributed by atoms with Gasteiger partial charge in [-0.05, 0) is 36.6 Å². The number of fused-ring (bicyclic) bond motifs is 1. The molecule has 33 heavy (non-hydrogen) atoms. The smallest absolute Gasteiger partial charge is 0.216 e. The number of benzene rings is 2. The summed E-state index contributed by atoms with van der Waals surface area (Å²) in [5.41, 5.74) is 2.32. The molecule has 3 aromatic rings. The molecule has 0 radical (unpaired) electrons. The SMILES string of the molecule is COc1cc(OC)c(Cl)c(-c2ccc3nc(C[C@@H]4CN[C@H](CNC(C)=O)C4)ncc3c2)c1Cl. The second kappa shape index (κ2) is 10.1. The molecule has 1 saturated heterocycles. The third-order valence-corrected chi connectivity index (χ3v) is 6.62. The molecule has 0 unspecified atom stereocenters. The van der Waals surface area contributed by atoms with Crippen LogP contribution < -0.4 is 20.1 Å². The highest BCUT2D eigenvalue weighted by Gasteiger charge is 2.25. The number of nitrogens with one attached hydrogen (secondary N) is 2. The third kappa shape index (κ3) is 5.16. The molecule has 0 bridgehead atoms. The Morgan fingerprint density at radius 1 is 1.18 bits per heavy atom. The lowest BCUT2D eigenvalue weighted by Crippen LogP contribution is -2.35. The van der Waals surface area contributed by atoms with Crippen LogP contribution in [-0.4, -0.2) is 49.2 Å². The highest BCUT2D eigenvalue weighted by molar-refractivity contribution is 6.41. The number of ether oxygens (including phenoxy) is 2. The summed E-state index contributed by atoms with van der Waals surface area (Å²) in [6.45, 7) is 3.07. The summed E-state index contributed by atoms with van der Waals surface area (Å²) >= 11 is 13.2. The van der Waals surface area contributed by atoms with Crippen molar-refractivity contribution in [3.63, 3.8) is 0 Å². The molecule has 0 saturated carbocycles. The highest BCUT2D eigenvalue weighted by atomic mass is 35.5. The average Bonchev–Trinajstić information content (AvgIpc) is 3.25. The molecular formula is C24H26Cl2N4O3. The van der Waals surface area contributed by atoms with Crippen LogP contribution in [0.5, 0.6) is 11.5 Å². The molecule has 2 N–H and O–H groups in total. The molecule has 2 heterocycles. The van der Waals surface area contributed by atoms with Crippen molar-refractivity contribution < 1.29 is 14.3 Å². The Morgan fingerprint density at radius 2 is 1.91 bits per heavy atom. The van der Waals surface area contributed by atoms with Gasteiger partial charge in [-0.2, -0.15) is 0 Å². The van der Waals surface area contributed by atoms with E-state index < -0.39 is 0 Å². The van der Waals surface area contributed by atoms with Crippen molar-refractivity contribution >= 4 is 40.0 Å². The van der Waals surface area contributed by atoms with Gasteiger partial charge in [0.2, 0.25) is 5.91 Å². The van der Waals surface area contributed by atoms with Gasteiger partial charge in [0.15, 0.2) is 0 Å². The summed E-state index contributed by atoms with van der Waals surface area (Å²) in [7, 11) is 3.10. The maximum atomic E-state index is 11.1. The summed E-state index contributed by atoms with van der Waals surface area (Å²) < 4.78 is 10.8. The normalized spacial score (nSPS) is 17.8. The van der Waals surface area contributed by atoms with Crippen LogP contribution in [0.4, 0.5) is 0 Å². The number of carbonyl (C=O) groups excluding carboxylic acids is 1. The lowest BCUT2D eigenvalue weighted by molar-refractivity contribution is -0.119. The highest BCUT2D eigenvalue weighted by Crippen LogP contribution is 2.46. The summed E-state index contributed by atoms with van der Waals surface area (Å²) in [4.78, 5) is 20.5. The number of rotatable bonds is 7. The van der Waals surface area contributed by atoms with Crippen molar-refractivity contribution in [1.29, 1.82) is 0 Å². The minimum absolute atomic E-state index is 0.00699. The summed E-state index contributed by atoms with van der Waals surface area (Å²) in [6, 6.07) is 7.80. The molecule has 4 rings (SSSR count). The van der Waals surface area contributed by atoms with Crippen LogP contribution in [0, 0.1) is 5.92 Å². The van der Waals surface area contributed by atoms with E-state index in [-0.39, 0.29) is 11.9 Å². The number of carbonyl (C=O) groups is 1. The van der Waals surface area contributed by atoms with Crippen LogP contribution in [0.3, 0.4) is 0 Å². The van der Waals surface area contributed by atoms with Crippen LogP contribution in [0.1, 0.15) is 19.2 Å². The zero-order valence-corrected chi connectivity index (χ0v) is 20.3. The first-order valence-electron chi connectivity index (χ1n) is 10.7. The Morgan fingerprint density at radius 3 is 2.58 bits per heavy atom. The van der Waals surface area contributed by atoms with E-state index in [0.717, 1.165) is 41.7 Å². The fraction of sp³-hybridized carbons (Fsp3) is 0.375. The standard InChI is InChI=1S/C24H26Cl2N4O3/c1-13(31)27-12-17-6-14(10-28-17)7-21-29-11-16-8-15(4-5-18(16)30-21)22-23(25)19(32-2)9-20(33-3)24(22)26/h4-5,8-9,11,14,17,28H,6-7,10,12H2,1-3H3,(H,27,31)/t14-,17+/m1/s1. The summed E-state index contributed by atoms with van der Waals surface area (Å²) in [5.74, 6) is 2.21. The van der Waals surface area contributed by atoms with Gasteiger partial charge in [0.1, 0.15) is 17.3 Å². The number of hydrogen-bond acceptors (Lipinski definition) is 6. The fourth-order valence-electron chi connectivity index (χ4n) is 4.20. The van der Waals surface area contributed by atoms with Gasteiger partial charge < -0.3 is 20.1 Å². The Kier molecular flexibility index (Phi) is 7.22. The quantitative estimate of drug-likeness (QED) is 0.516. The fourth-order valence-corrected chi connectivity index (χ4v) is 4.92. The van der Waals surface area contributed by atoms with Crippen LogP contribution >= 0.6 is 23.2 Å². The first kappa shape index (κ1) is 23.5. The number of amides is 1. The van der Waals surface area contributed by atoms with Crippen molar-refractivity contribution in [2.75, 3.05) is 27.3 Å². The number of aromatic nitrogens is 2. The van der Waals surface area contributed by atoms with Crippen molar-refractivity contribution in [2.45, 2.75) is 25.8 Å². The van der Waals surface area contributed by atoms with Crippen LogP contribution in [0.15, 0.2) is 30.5 Å². The monoisotopic (exact) mass is 488 g/mol. The first-order chi connectivity index (χ1) is 15.9. The Balaban J connectivity index is 1.55. The molecule has 9 heteroatoms. The molecule has 0 spiro atoms. The van der Waals surface area contributed by atoms with Crippen molar-refractivity contribution in [3.8, 4) is 22.6 Å². The predicted molar refractivity (Wildman–Crippen MR) is 130 cm³/mol. The predicted octanol–water partition coefficient (Wildman–Crippen LogP) is 4.28. The number of hydrogen-bond donors (Lipinski definition) is 2. The number of nitrogens with zero attached hydrogens (tertiary/aromatic N) is 2. The van der Waals surface area contributed by atoms with Gasteiger partial charge in [0, 0.05) is 49.1 Å². The third-order valence-electron chi connectivity index (χ3n) is 5.87. The number of halogens is 2. The van der Waals surface area contributed by atoms with Crippen molar-refractivity contribution in [2.24, 2.45) is 5.92 Å². The van der Waals surface area contributed by atoms with Crippen LogP contribution in [0.25, 0.3) is 22.0 Å². The Bertz CT molecular complexity index is 1160. The second-order valence-corrected chi connectivity index (χ2v) is 8.95. The maximum Gasteiger partial charge on any atom is 0.216 e. The maximum absolute atomic E-state index is 11.1. The van der Waals surface area contributed by atoms with Crippen molar-refractivity contribution in [1.82, 2.24) is 20.6 Å². The zero-order valence-electron chi connectivity index (χ0n) is 18.7. The van der Waals surface area contributed by atoms with Crippen LogP contribution in [-0.2, 0) is 11.2 Å². The molecule has 174 valence electrons. The van der Waals surface area contributed by atoms with Gasteiger partial charge in [-0.15, -0.1) is 0 Å². The topological polar surface area (TPSA) is 85.4 Å². The number of methoxy groups -OCH3 is 2. The van der Waals surface area contributed by atoms with Crippen molar-refractivity contribution in [3.05, 3.63) is 46.3 Å². The lowest BCUT2D eigenvalue weighted by atomic mass is 10.0. The van der Waals surface area contributed by atoms with E-state index in [4.69, 9.17) is 37.7 Å². The van der Waals surface area contributed by atoms with E-state index in [1.54, 1.807) is 20.3 Å². The summed E-state index contributed by atoms with van der Waals surface area (Å²) in [5, 5.41) is 8.05.